The summed E-state index contributed by atoms with van der Waals surface area (Å²) in [4.78, 5) is 0.497. The van der Waals surface area contributed by atoms with Crippen molar-refractivity contribution in [1.29, 1.82) is 0 Å². The third-order valence-corrected chi connectivity index (χ3v) is 4.60. The van der Waals surface area contributed by atoms with Crippen molar-refractivity contribution in [3.05, 3.63) is 53.3 Å². The van der Waals surface area contributed by atoms with Crippen molar-refractivity contribution in [3.8, 4) is 0 Å². The molecule has 0 saturated heterocycles. The Morgan fingerprint density at radius 2 is 1.70 bits per heavy atom. The zero-order chi connectivity index (χ0) is 14.9. The van der Waals surface area contributed by atoms with E-state index in [1.165, 1.54) is 18.2 Å². The molecule has 2 aromatic carbocycles. The molecule has 0 aliphatic heterocycles. The van der Waals surface area contributed by atoms with Crippen LogP contribution in [0.5, 0.6) is 0 Å². The van der Waals surface area contributed by atoms with Crippen LogP contribution in [0.25, 0.3) is 0 Å². The summed E-state index contributed by atoms with van der Waals surface area (Å²) < 4.78 is 40.3. The predicted molar refractivity (Wildman–Crippen MR) is 80.4 cm³/mol. The SMILES string of the molecule is Cc1ccc(S(=O)(=O)Nc2cc(F)c(C)cc2S)cc1. The lowest BCUT2D eigenvalue weighted by Gasteiger charge is -2.11. The fourth-order valence-corrected chi connectivity index (χ4v) is 3.13. The minimum atomic E-state index is -3.75. The molecular weight excluding hydrogens is 297 g/mol. The molecule has 0 unspecified atom stereocenters. The van der Waals surface area contributed by atoms with Crippen LogP contribution in [-0.2, 0) is 10.0 Å². The maximum Gasteiger partial charge on any atom is 0.261 e. The number of rotatable bonds is 3. The van der Waals surface area contributed by atoms with Crippen molar-refractivity contribution in [3.63, 3.8) is 0 Å². The first kappa shape index (κ1) is 14.9. The van der Waals surface area contributed by atoms with E-state index < -0.39 is 15.8 Å². The van der Waals surface area contributed by atoms with Crippen molar-refractivity contribution >= 4 is 28.3 Å². The summed E-state index contributed by atoms with van der Waals surface area (Å²) in [6.07, 6.45) is 0. The fourth-order valence-electron chi connectivity index (χ4n) is 1.67. The molecule has 0 aliphatic carbocycles. The van der Waals surface area contributed by atoms with Gasteiger partial charge in [0, 0.05) is 4.90 Å². The van der Waals surface area contributed by atoms with Gasteiger partial charge in [-0.3, -0.25) is 4.72 Å². The maximum absolute atomic E-state index is 13.5. The summed E-state index contributed by atoms with van der Waals surface area (Å²) in [5, 5.41) is 0. The van der Waals surface area contributed by atoms with Gasteiger partial charge in [-0.1, -0.05) is 17.7 Å². The third-order valence-electron chi connectivity index (χ3n) is 2.85. The molecule has 0 fully saturated rings. The molecule has 20 heavy (non-hydrogen) atoms. The number of hydrogen-bond acceptors (Lipinski definition) is 3. The average Bonchev–Trinajstić information content (AvgIpc) is 2.36. The molecule has 6 heteroatoms. The maximum atomic E-state index is 13.5. The molecule has 0 heterocycles. The summed E-state index contributed by atoms with van der Waals surface area (Å²) in [7, 11) is -3.75. The Hall–Kier alpha value is -1.53. The smallest absolute Gasteiger partial charge is 0.261 e. The van der Waals surface area contributed by atoms with E-state index in [9.17, 15) is 12.8 Å². The number of benzene rings is 2. The zero-order valence-electron chi connectivity index (χ0n) is 11.0. The topological polar surface area (TPSA) is 46.2 Å². The highest BCUT2D eigenvalue weighted by Gasteiger charge is 2.16. The van der Waals surface area contributed by atoms with Crippen molar-refractivity contribution in [2.24, 2.45) is 0 Å². The van der Waals surface area contributed by atoms with Gasteiger partial charge in [-0.2, -0.15) is 0 Å². The van der Waals surface area contributed by atoms with E-state index in [0.29, 0.717) is 10.5 Å². The summed E-state index contributed by atoms with van der Waals surface area (Å²) in [6, 6.07) is 9.01. The Morgan fingerprint density at radius 3 is 2.30 bits per heavy atom. The van der Waals surface area contributed by atoms with Gasteiger partial charge >= 0.3 is 0 Å². The number of sulfonamides is 1. The first-order valence-electron chi connectivity index (χ1n) is 5.88. The largest absolute Gasteiger partial charge is 0.278 e. The van der Waals surface area contributed by atoms with Crippen LogP contribution in [0.2, 0.25) is 0 Å². The second kappa shape index (κ2) is 5.46. The number of thiol groups is 1. The normalized spacial score (nSPS) is 11.4. The Bertz CT molecular complexity index is 741. The molecule has 0 bridgehead atoms. The van der Waals surface area contributed by atoms with Gasteiger partial charge in [-0.25, -0.2) is 12.8 Å². The predicted octanol–water partition coefficient (Wildman–Crippen LogP) is 3.53. The molecule has 2 rings (SSSR count). The standard InChI is InChI=1S/C14H14FNO2S2/c1-9-3-5-11(6-4-9)20(17,18)16-13-8-12(15)10(2)7-14(13)19/h3-8,16,19H,1-2H3. The van der Waals surface area contributed by atoms with Crippen LogP contribution in [-0.4, -0.2) is 8.42 Å². The average molecular weight is 311 g/mol. The van der Waals surface area contributed by atoms with E-state index in [4.69, 9.17) is 0 Å². The molecule has 0 amide bonds. The molecule has 106 valence electrons. The van der Waals surface area contributed by atoms with Crippen molar-refractivity contribution in [2.75, 3.05) is 4.72 Å². The monoisotopic (exact) mass is 311 g/mol. The van der Waals surface area contributed by atoms with Crippen LogP contribution >= 0.6 is 12.6 Å². The lowest BCUT2D eigenvalue weighted by molar-refractivity contribution is 0.600. The number of anilines is 1. The summed E-state index contributed by atoms with van der Waals surface area (Å²) in [5.41, 5.74) is 1.49. The molecule has 2 aromatic rings. The number of aryl methyl sites for hydroxylation is 2. The van der Waals surface area contributed by atoms with E-state index >= 15 is 0 Å². The molecule has 1 N–H and O–H groups in total. The Balaban J connectivity index is 2.38. The molecule has 0 spiro atoms. The van der Waals surface area contributed by atoms with E-state index in [1.54, 1.807) is 19.1 Å². The van der Waals surface area contributed by atoms with Crippen molar-refractivity contribution < 1.29 is 12.8 Å². The molecule has 3 nitrogen and oxygen atoms in total. The molecule has 0 aromatic heterocycles. The van der Waals surface area contributed by atoms with E-state index in [0.717, 1.165) is 11.6 Å². The van der Waals surface area contributed by atoms with Gasteiger partial charge in [0.15, 0.2) is 0 Å². The van der Waals surface area contributed by atoms with Crippen LogP contribution < -0.4 is 4.72 Å². The van der Waals surface area contributed by atoms with Gasteiger partial charge in [-0.15, -0.1) is 12.6 Å². The van der Waals surface area contributed by atoms with Crippen LogP contribution in [0.4, 0.5) is 10.1 Å². The van der Waals surface area contributed by atoms with E-state index in [-0.39, 0.29) is 10.6 Å². The highest BCUT2D eigenvalue weighted by Crippen LogP contribution is 2.26. The molecular formula is C14H14FNO2S2. The van der Waals surface area contributed by atoms with Crippen molar-refractivity contribution in [1.82, 2.24) is 0 Å². The van der Waals surface area contributed by atoms with Crippen LogP contribution in [0.3, 0.4) is 0 Å². The molecule has 0 saturated carbocycles. The highest BCUT2D eigenvalue weighted by atomic mass is 32.2. The minimum absolute atomic E-state index is 0.122. The summed E-state index contributed by atoms with van der Waals surface area (Å²) in [6.45, 7) is 3.46. The molecule has 0 atom stereocenters. The van der Waals surface area contributed by atoms with Gasteiger partial charge in [0.05, 0.1) is 10.6 Å². The lowest BCUT2D eigenvalue weighted by Crippen LogP contribution is -2.13. The van der Waals surface area contributed by atoms with Gasteiger partial charge in [0.1, 0.15) is 5.82 Å². The van der Waals surface area contributed by atoms with E-state index in [2.05, 4.69) is 17.4 Å². The summed E-state index contributed by atoms with van der Waals surface area (Å²) >= 11 is 4.16. The first-order valence-corrected chi connectivity index (χ1v) is 7.81. The zero-order valence-corrected chi connectivity index (χ0v) is 12.7. The Morgan fingerprint density at radius 1 is 1.10 bits per heavy atom. The van der Waals surface area contributed by atoms with Crippen LogP contribution in [0, 0.1) is 19.7 Å². The Kier molecular flexibility index (Phi) is 4.06. The number of nitrogens with one attached hydrogen (secondary N) is 1. The van der Waals surface area contributed by atoms with Gasteiger partial charge in [0.2, 0.25) is 0 Å². The van der Waals surface area contributed by atoms with Gasteiger partial charge in [-0.05, 0) is 43.7 Å². The van der Waals surface area contributed by atoms with Gasteiger partial charge in [0.25, 0.3) is 10.0 Å². The quantitative estimate of drug-likeness (QED) is 0.852. The minimum Gasteiger partial charge on any atom is -0.278 e. The highest BCUT2D eigenvalue weighted by molar-refractivity contribution is 7.92. The number of halogens is 1. The van der Waals surface area contributed by atoms with Crippen molar-refractivity contribution in [2.45, 2.75) is 23.6 Å². The summed E-state index contributed by atoms with van der Waals surface area (Å²) in [5.74, 6) is -0.482. The van der Waals surface area contributed by atoms with E-state index in [1.807, 2.05) is 6.92 Å². The Labute approximate surface area is 123 Å². The first-order chi connectivity index (χ1) is 9.29. The fraction of sp³-hybridized carbons (Fsp3) is 0.143. The molecule has 0 radical (unpaired) electrons. The van der Waals surface area contributed by atoms with Crippen LogP contribution in [0.15, 0.2) is 46.2 Å². The van der Waals surface area contributed by atoms with Gasteiger partial charge < -0.3 is 0 Å². The lowest BCUT2D eigenvalue weighted by atomic mass is 10.2. The second-order valence-electron chi connectivity index (χ2n) is 4.54. The molecule has 0 aliphatic rings. The second-order valence-corrected chi connectivity index (χ2v) is 6.70. The third kappa shape index (κ3) is 3.13. The van der Waals surface area contributed by atoms with Crippen LogP contribution in [0.1, 0.15) is 11.1 Å². The number of hydrogen-bond donors (Lipinski definition) is 2.